The molecule has 1 heterocycles. The van der Waals surface area contributed by atoms with Crippen molar-refractivity contribution < 1.29 is 14.6 Å². The van der Waals surface area contributed by atoms with E-state index in [9.17, 15) is 9.90 Å². The van der Waals surface area contributed by atoms with E-state index >= 15 is 0 Å². The van der Waals surface area contributed by atoms with E-state index < -0.39 is 11.9 Å². The Morgan fingerprint density at radius 3 is 2.71 bits per heavy atom. The van der Waals surface area contributed by atoms with Crippen LogP contribution in [-0.4, -0.2) is 29.1 Å². The number of rotatable bonds is 3. The highest BCUT2D eigenvalue weighted by atomic mass is 16.5. The number of amides is 1. The van der Waals surface area contributed by atoms with Gasteiger partial charge in [-0.25, -0.2) is 4.98 Å². The summed E-state index contributed by atoms with van der Waals surface area (Å²) in [5.41, 5.74) is 6.61. The van der Waals surface area contributed by atoms with Gasteiger partial charge >= 0.3 is 0 Å². The molecule has 0 radical (unpaired) electrons. The first-order chi connectivity index (χ1) is 10.0. The summed E-state index contributed by atoms with van der Waals surface area (Å²) in [6.07, 6.45) is 1.58. The van der Waals surface area contributed by atoms with E-state index in [-0.39, 0.29) is 11.3 Å². The number of pyridine rings is 1. The van der Waals surface area contributed by atoms with Gasteiger partial charge < -0.3 is 15.6 Å². The molecule has 1 aromatic heterocycles. The molecule has 1 amide bonds. The van der Waals surface area contributed by atoms with Gasteiger partial charge in [0.2, 0.25) is 5.88 Å². The zero-order valence-electron chi connectivity index (χ0n) is 11.3. The van der Waals surface area contributed by atoms with Gasteiger partial charge in [-0.2, -0.15) is 0 Å². The van der Waals surface area contributed by atoms with E-state index in [1.807, 2.05) is 0 Å². The number of benzene rings is 1. The maximum atomic E-state index is 11.9. The van der Waals surface area contributed by atoms with Gasteiger partial charge in [-0.05, 0) is 29.3 Å². The Bertz CT molecular complexity index is 700. The molecule has 0 unspecified atom stereocenters. The van der Waals surface area contributed by atoms with Crippen molar-refractivity contribution in [1.29, 1.82) is 5.41 Å². The van der Waals surface area contributed by atoms with Crippen molar-refractivity contribution in [2.24, 2.45) is 5.73 Å². The Morgan fingerprint density at radius 2 is 2.05 bits per heavy atom. The lowest BCUT2D eigenvalue weighted by atomic mass is 10.0. The summed E-state index contributed by atoms with van der Waals surface area (Å²) < 4.78 is 5.05. The van der Waals surface area contributed by atoms with Crippen LogP contribution in [-0.2, 0) is 0 Å². The number of hydrogen-bond acceptors (Lipinski definition) is 5. The van der Waals surface area contributed by atoms with Crippen LogP contribution in [0.3, 0.4) is 0 Å². The number of nitrogens with one attached hydrogen (secondary N) is 2. The predicted octanol–water partition coefficient (Wildman–Crippen LogP) is 1.09. The third-order valence-corrected chi connectivity index (χ3v) is 2.77. The van der Waals surface area contributed by atoms with Crippen LogP contribution in [0.25, 0.3) is 11.1 Å². The molecule has 108 valence electrons. The number of aromatic nitrogens is 1. The molecule has 0 bridgehead atoms. The van der Waals surface area contributed by atoms with Crippen LogP contribution in [0.4, 0.5) is 0 Å². The normalized spacial score (nSPS) is 9.95. The summed E-state index contributed by atoms with van der Waals surface area (Å²) in [6.45, 7) is 0. The monoisotopic (exact) mass is 286 g/mol. The van der Waals surface area contributed by atoms with Crippen molar-refractivity contribution in [3.8, 4) is 22.8 Å². The van der Waals surface area contributed by atoms with Crippen LogP contribution in [0, 0.1) is 5.41 Å². The van der Waals surface area contributed by atoms with Crippen LogP contribution in [0.15, 0.2) is 36.5 Å². The van der Waals surface area contributed by atoms with Gasteiger partial charge in [0.25, 0.3) is 5.91 Å². The van der Waals surface area contributed by atoms with Crippen molar-refractivity contribution in [2.75, 3.05) is 7.11 Å². The predicted molar refractivity (Wildman–Crippen MR) is 77.3 cm³/mol. The van der Waals surface area contributed by atoms with Crippen molar-refractivity contribution >= 4 is 11.9 Å². The lowest BCUT2D eigenvalue weighted by molar-refractivity contribution is 0.0974. The van der Waals surface area contributed by atoms with Gasteiger partial charge in [0.1, 0.15) is 5.75 Å². The third-order valence-electron chi connectivity index (χ3n) is 2.77. The van der Waals surface area contributed by atoms with E-state index in [4.69, 9.17) is 15.9 Å². The standard InChI is InChI=1S/C14H14N4O3/c1-21-12-7-9(4-5-17-12)8-2-3-11(19)10(6-8)13(20)18-14(15)16/h2-7,19H,1H3,(H4,15,16,18,20). The van der Waals surface area contributed by atoms with Crippen molar-refractivity contribution in [3.63, 3.8) is 0 Å². The van der Waals surface area contributed by atoms with E-state index in [0.717, 1.165) is 5.56 Å². The van der Waals surface area contributed by atoms with Gasteiger partial charge in [-0.3, -0.25) is 15.5 Å². The van der Waals surface area contributed by atoms with Gasteiger partial charge in [0, 0.05) is 12.3 Å². The zero-order valence-corrected chi connectivity index (χ0v) is 11.3. The molecule has 7 heteroatoms. The Balaban J connectivity index is 2.42. The molecule has 5 N–H and O–H groups in total. The largest absolute Gasteiger partial charge is 0.507 e. The number of nitrogens with two attached hydrogens (primary N) is 1. The Kier molecular flexibility index (Phi) is 4.03. The summed E-state index contributed by atoms with van der Waals surface area (Å²) in [5, 5.41) is 18.9. The second-order valence-corrected chi connectivity index (χ2v) is 4.19. The van der Waals surface area contributed by atoms with E-state index in [0.29, 0.717) is 11.4 Å². The molecule has 7 nitrogen and oxygen atoms in total. The molecule has 0 fully saturated rings. The van der Waals surface area contributed by atoms with E-state index in [1.165, 1.54) is 19.2 Å². The second-order valence-electron chi connectivity index (χ2n) is 4.19. The molecule has 1 aromatic carbocycles. The minimum Gasteiger partial charge on any atom is -0.507 e. The van der Waals surface area contributed by atoms with Gasteiger partial charge in [0.15, 0.2) is 5.96 Å². The molecule has 0 aliphatic carbocycles. The number of phenolic OH excluding ortho intramolecular Hbond substituents is 1. The molecule has 21 heavy (non-hydrogen) atoms. The molecule has 0 saturated carbocycles. The van der Waals surface area contributed by atoms with Crippen LogP contribution >= 0.6 is 0 Å². The average Bonchev–Trinajstić information content (AvgIpc) is 2.47. The fourth-order valence-electron chi connectivity index (χ4n) is 1.79. The quantitative estimate of drug-likeness (QED) is 0.497. The summed E-state index contributed by atoms with van der Waals surface area (Å²) in [6, 6.07) is 8.02. The maximum absolute atomic E-state index is 11.9. The molecular weight excluding hydrogens is 272 g/mol. The molecule has 0 atom stereocenters. The third kappa shape index (κ3) is 3.27. The molecule has 0 spiro atoms. The van der Waals surface area contributed by atoms with Crippen LogP contribution in [0.2, 0.25) is 0 Å². The van der Waals surface area contributed by atoms with Gasteiger partial charge in [-0.15, -0.1) is 0 Å². The summed E-state index contributed by atoms with van der Waals surface area (Å²) in [7, 11) is 1.51. The number of guanidine groups is 1. The van der Waals surface area contributed by atoms with Gasteiger partial charge in [0.05, 0.1) is 12.7 Å². The van der Waals surface area contributed by atoms with Crippen LogP contribution < -0.4 is 15.8 Å². The number of nitrogens with zero attached hydrogens (tertiary/aromatic N) is 1. The number of aromatic hydroxyl groups is 1. The summed E-state index contributed by atoms with van der Waals surface area (Å²) >= 11 is 0. The number of methoxy groups -OCH3 is 1. The molecule has 0 aliphatic rings. The maximum Gasteiger partial charge on any atom is 0.261 e. The van der Waals surface area contributed by atoms with Crippen molar-refractivity contribution in [1.82, 2.24) is 10.3 Å². The summed E-state index contributed by atoms with van der Waals surface area (Å²) in [5.74, 6) is -0.896. The van der Waals surface area contributed by atoms with Crippen LogP contribution in [0.5, 0.6) is 11.6 Å². The fourth-order valence-corrected chi connectivity index (χ4v) is 1.79. The lowest BCUT2D eigenvalue weighted by Gasteiger charge is -2.08. The molecule has 0 saturated heterocycles. The summed E-state index contributed by atoms with van der Waals surface area (Å²) in [4.78, 5) is 15.9. The topological polar surface area (TPSA) is 121 Å². The average molecular weight is 286 g/mol. The Hall–Kier alpha value is -3.09. The molecular formula is C14H14N4O3. The first-order valence-corrected chi connectivity index (χ1v) is 6.00. The number of carbonyl (C=O) groups is 1. The SMILES string of the molecule is COc1cc(-c2ccc(O)c(C(=O)NC(=N)N)c2)ccn1. The number of carbonyl (C=O) groups excluding carboxylic acids is 1. The number of phenols is 1. The molecule has 2 rings (SSSR count). The lowest BCUT2D eigenvalue weighted by Crippen LogP contribution is -2.35. The number of ether oxygens (including phenoxy) is 1. The first-order valence-electron chi connectivity index (χ1n) is 6.00. The van der Waals surface area contributed by atoms with E-state index in [2.05, 4.69) is 10.3 Å². The minimum absolute atomic E-state index is 0.0264. The van der Waals surface area contributed by atoms with Crippen LogP contribution in [0.1, 0.15) is 10.4 Å². The Morgan fingerprint density at radius 1 is 1.33 bits per heavy atom. The number of hydrogen-bond donors (Lipinski definition) is 4. The molecule has 2 aromatic rings. The van der Waals surface area contributed by atoms with Crippen molar-refractivity contribution in [3.05, 3.63) is 42.1 Å². The van der Waals surface area contributed by atoms with Crippen molar-refractivity contribution in [2.45, 2.75) is 0 Å². The highest BCUT2D eigenvalue weighted by molar-refractivity contribution is 6.06. The minimum atomic E-state index is -0.650. The van der Waals surface area contributed by atoms with E-state index in [1.54, 1.807) is 24.4 Å². The van der Waals surface area contributed by atoms with Gasteiger partial charge in [-0.1, -0.05) is 6.07 Å². The highest BCUT2D eigenvalue weighted by Crippen LogP contribution is 2.27. The molecule has 0 aliphatic heterocycles. The smallest absolute Gasteiger partial charge is 0.261 e. The first kappa shape index (κ1) is 14.3. The second kappa shape index (κ2) is 5.91. The highest BCUT2D eigenvalue weighted by Gasteiger charge is 2.13. The Labute approximate surface area is 120 Å². The fraction of sp³-hybridized carbons (Fsp3) is 0.0714. The zero-order chi connectivity index (χ0) is 15.4.